The molecule has 0 aliphatic carbocycles. The molecular formula is C17H26N2O3S. The number of carbonyl (C=O) groups is 1. The van der Waals surface area contributed by atoms with Crippen LogP contribution >= 0.6 is 0 Å². The van der Waals surface area contributed by atoms with Gasteiger partial charge in [-0.1, -0.05) is 13.0 Å². The molecule has 128 valence electrons. The highest BCUT2D eigenvalue weighted by molar-refractivity contribution is 7.90. The van der Waals surface area contributed by atoms with Gasteiger partial charge in [0.15, 0.2) is 9.84 Å². The van der Waals surface area contributed by atoms with E-state index < -0.39 is 9.84 Å². The molecule has 1 N–H and O–H groups in total. The van der Waals surface area contributed by atoms with E-state index >= 15 is 0 Å². The van der Waals surface area contributed by atoms with Gasteiger partial charge in [0, 0.05) is 24.4 Å². The Hall–Kier alpha value is -1.40. The van der Waals surface area contributed by atoms with Gasteiger partial charge in [0.25, 0.3) is 5.91 Å². The molecule has 1 fully saturated rings. The van der Waals surface area contributed by atoms with Crippen LogP contribution in [0.15, 0.2) is 29.2 Å². The second-order valence-corrected chi connectivity index (χ2v) is 8.59. The largest absolute Gasteiger partial charge is 0.350 e. The molecule has 0 saturated carbocycles. The van der Waals surface area contributed by atoms with Crippen molar-refractivity contribution in [2.24, 2.45) is 5.92 Å². The Labute approximate surface area is 139 Å². The lowest BCUT2D eigenvalue weighted by Crippen LogP contribution is -2.45. The van der Waals surface area contributed by atoms with Gasteiger partial charge in [-0.05, 0) is 57.0 Å². The van der Waals surface area contributed by atoms with E-state index in [9.17, 15) is 13.2 Å². The van der Waals surface area contributed by atoms with Crippen LogP contribution in [-0.2, 0) is 9.84 Å². The van der Waals surface area contributed by atoms with Crippen LogP contribution in [0, 0.1) is 5.92 Å². The number of nitrogens with zero attached hydrogens (tertiary/aromatic N) is 1. The molecule has 1 heterocycles. The maximum Gasteiger partial charge on any atom is 0.251 e. The first-order chi connectivity index (χ1) is 10.8. The summed E-state index contributed by atoms with van der Waals surface area (Å²) in [5, 5.41) is 2.91. The average Bonchev–Trinajstić information content (AvgIpc) is 2.52. The summed E-state index contributed by atoms with van der Waals surface area (Å²) in [6.45, 7) is 7.10. The van der Waals surface area contributed by atoms with Crippen LogP contribution < -0.4 is 5.32 Å². The molecular weight excluding hydrogens is 312 g/mol. The van der Waals surface area contributed by atoms with E-state index in [-0.39, 0.29) is 16.8 Å². The fraction of sp³-hybridized carbons (Fsp3) is 0.588. The Balaban J connectivity index is 1.92. The van der Waals surface area contributed by atoms with Gasteiger partial charge >= 0.3 is 0 Å². The number of benzene rings is 1. The quantitative estimate of drug-likeness (QED) is 0.891. The minimum Gasteiger partial charge on any atom is -0.350 e. The van der Waals surface area contributed by atoms with E-state index in [0.29, 0.717) is 12.1 Å². The van der Waals surface area contributed by atoms with Crippen LogP contribution in [0.5, 0.6) is 0 Å². The lowest BCUT2D eigenvalue weighted by atomic mass is 9.98. The highest BCUT2D eigenvalue weighted by Crippen LogP contribution is 2.17. The fourth-order valence-electron chi connectivity index (χ4n) is 2.81. The maximum absolute atomic E-state index is 12.2. The van der Waals surface area contributed by atoms with Crippen molar-refractivity contribution in [3.63, 3.8) is 0 Å². The van der Waals surface area contributed by atoms with Gasteiger partial charge < -0.3 is 5.32 Å². The molecule has 1 aromatic carbocycles. The smallest absolute Gasteiger partial charge is 0.251 e. The van der Waals surface area contributed by atoms with Crippen LogP contribution in [0.3, 0.4) is 0 Å². The summed E-state index contributed by atoms with van der Waals surface area (Å²) in [6.07, 6.45) is 3.55. The topological polar surface area (TPSA) is 66.5 Å². The highest BCUT2D eigenvalue weighted by atomic mass is 32.2. The SMILES string of the molecule is CC1CCN(C(C)CNC(=O)c2cccc(S(C)(=O)=O)c2)CC1. The van der Waals surface area contributed by atoms with Crippen molar-refractivity contribution in [1.29, 1.82) is 0 Å². The molecule has 1 unspecified atom stereocenters. The Morgan fingerprint density at radius 1 is 1.35 bits per heavy atom. The maximum atomic E-state index is 12.2. The minimum absolute atomic E-state index is 0.170. The second-order valence-electron chi connectivity index (χ2n) is 6.58. The first kappa shape index (κ1) is 17.9. The third-order valence-electron chi connectivity index (χ3n) is 4.52. The monoisotopic (exact) mass is 338 g/mol. The molecule has 0 bridgehead atoms. The van der Waals surface area contributed by atoms with Gasteiger partial charge in [-0.25, -0.2) is 8.42 Å². The molecule has 0 spiro atoms. The number of sulfone groups is 1. The third kappa shape index (κ3) is 5.04. The van der Waals surface area contributed by atoms with Gasteiger partial charge in [0.05, 0.1) is 4.90 Å². The number of piperidine rings is 1. The lowest BCUT2D eigenvalue weighted by Gasteiger charge is -2.35. The Morgan fingerprint density at radius 3 is 2.61 bits per heavy atom. The fourth-order valence-corrected chi connectivity index (χ4v) is 3.48. The van der Waals surface area contributed by atoms with Crippen molar-refractivity contribution >= 4 is 15.7 Å². The molecule has 6 heteroatoms. The molecule has 1 atom stereocenters. The molecule has 1 saturated heterocycles. The van der Waals surface area contributed by atoms with E-state index in [1.165, 1.54) is 25.0 Å². The van der Waals surface area contributed by atoms with E-state index in [1.54, 1.807) is 12.1 Å². The molecule has 1 amide bonds. The number of nitrogens with one attached hydrogen (secondary N) is 1. The van der Waals surface area contributed by atoms with Crippen molar-refractivity contribution < 1.29 is 13.2 Å². The molecule has 5 nitrogen and oxygen atoms in total. The van der Waals surface area contributed by atoms with E-state index in [0.717, 1.165) is 25.3 Å². The van der Waals surface area contributed by atoms with Crippen LogP contribution in [0.2, 0.25) is 0 Å². The van der Waals surface area contributed by atoms with Gasteiger partial charge in [-0.3, -0.25) is 9.69 Å². The summed E-state index contributed by atoms with van der Waals surface area (Å²) in [4.78, 5) is 14.8. The van der Waals surface area contributed by atoms with E-state index in [1.807, 2.05) is 0 Å². The molecule has 23 heavy (non-hydrogen) atoms. The number of amides is 1. The van der Waals surface area contributed by atoms with Crippen molar-refractivity contribution in [3.05, 3.63) is 29.8 Å². The third-order valence-corrected chi connectivity index (χ3v) is 5.63. The summed E-state index contributed by atoms with van der Waals surface area (Å²) >= 11 is 0. The summed E-state index contributed by atoms with van der Waals surface area (Å²) in [6, 6.07) is 6.45. The normalized spacial score (nSPS) is 18.6. The van der Waals surface area contributed by atoms with Crippen molar-refractivity contribution in [2.45, 2.75) is 37.6 Å². The minimum atomic E-state index is -3.30. The van der Waals surface area contributed by atoms with Crippen LogP contribution in [0.4, 0.5) is 0 Å². The second kappa shape index (κ2) is 7.45. The van der Waals surface area contributed by atoms with Crippen LogP contribution in [0.1, 0.15) is 37.0 Å². The van der Waals surface area contributed by atoms with Gasteiger partial charge in [0.2, 0.25) is 0 Å². The first-order valence-corrected chi connectivity index (χ1v) is 9.99. The summed E-state index contributed by atoms with van der Waals surface area (Å²) in [5.41, 5.74) is 0.382. The average molecular weight is 338 g/mol. The predicted molar refractivity (Wildman–Crippen MR) is 91.3 cm³/mol. The molecule has 1 aliphatic heterocycles. The van der Waals surface area contributed by atoms with Gasteiger partial charge in [0.1, 0.15) is 0 Å². The summed E-state index contributed by atoms with van der Waals surface area (Å²) in [5.74, 6) is 0.555. The predicted octanol–water partition coefficient (Wildman–Crippen LogP) is 1.94. The zero-order valence-electron chi connectivity index (χ0n) is 14.1. The van der Waals surface area contributed by atoms with E-state index in [4.69, 9.17) is 0 Å². The number of hydrogen-bond donors (Lipinski definition) is 1. The van der Waals surface area contributed by atoms with Crippen LogP contribution in [-0.4, -0.2) is 51.2 Å². The number of hydrogen-bond acceptors (Lipinski definition) is 4. The summed E-state index contributed by atoms with van der Waals surface area (Å²) in [7, 11) is -3.30. The number of likely N-dealkylation sites (tertiary alicyclic amines) is 1. The zero-order chi connectivity index (χ0) is 17.0. The lowest BCUT2D eigenvalue weighted by molar-refractivity contribution is 0.0921. The highest BCUT2D eigenvalue weighted by Gasteiger charge is 2.21. The summed E-state index contributed by atoms with van der Waals surface area (Å²) < 4.78 is 23.1. The molecule has 0 radical (unpaired) electrons. The van der Waals surface area contributed by atoms with Crippen LogP contribution in [0.25, 0.3) is 0 Å². The molecule has 0 aromatic heterocycles. The molecule has 1 aromatic rings. The first-order valence-electron chi connectivity index (χ1n) is 8.09. The van der Waals surface area contributed by atoms with Crippen molar-refractivity contribution in [1.82, 2.24) is 10.2 Å². The zero-order valence-corrected chi connectivity index (χ0v) is 14.9. The molecule has 2 rings (SSSR count). The standard InChI is InChI=1S/C17H26N2O3S/c1-13-7-9-19(10-8-13)14(2)12-18-17(20)15-5-4-6-16(11-15)23(3,21)22/h4-6,11,13-14H,7-10,12H2,1-3H3,(H,18,20). The van der Waals surface area contributed by atoms with Gasteiger partial charge in [-0.15, -0.1) is 0 Å². The number of carbonyl (C=O) groups excluding carboxylic acids is 1. The van der Waals surface area contributed by atoms with Gasteiger partial charge in [-0.2, -0.15) is 0 Å². The Kier molecular flexibility index (Phi) is 5.81. The van der Waals surface area contributed by atoms with E-state index in [2.05, 4.69) is 24.1 Å². The number of rotatable bonds is 5. The van der Waals surface area contributed by atoms with Crippen molar-refractivity contribution in [3.8, 4) is 0 Å². The van der Waals surface area contributed by atoms with Crippen molar-refractivity contribution in [2.75, 3.05) is 25.9 Å². The Bertz CT molecular complexity index is 650. The Morgan fingerprint density at radius 2 is 2.00 bits per heavy atom. The molecule has 1 aliphatic rings.